The molecular weight excluding hydrogens is 313 g/mol. The molecule has 2 rings (SSSR count). The van der Waals surface area contributed by atoms with E-state index in [1.165, 1.54) is 4.68 Å². The van der Waals surface area contributed by atoms with Gasteiger partial charge in [-0.25, -0.2) is 4.68 Å². The highest BCUT2D eigenvalue weighted by molar-refractivity contribution is 6.42. The van der Waals surface area contributed by atoms with Crippen molar-refractivity contribution < 1.29 is 4.79 Å². The molecule has 1 heterocycles. The highest BCUT2D eigenvalue weighted by Gasteiger charge is 2.11. The van der Waals surface area contributed by atoms with E-state index in [1.807, 2.05) is 6.92 Å². The Kier molecular flexibility index (Phi) is 5.17. The van der Waals surface area contributed by atoms with Crippen LogP contribution < -0.4 is 11.1 Å². The molecule has 8 heteroatoms. The second-order valence-corrected chi connectivity index (χ2v) is 5.35. The highest BCUT2D eigenvalue weighted by Crippen LogP contribution is 2.24. The van der Waals surface area contributed by atoms with Gasteiger partial charge >= 0.3 is 0 Å². The summed E-state index contributed by atoms with van der Waals surface area (Å²) >= 11 is 11.7. The van der Waals surface area contributed by atoms with Crippen LogP contribution in [-0.4, -0.2) is 20.9 Å². The Hall–Kier alpha value is -1.63. The number of amides is 1. The summed E-state index contributed by atoms with van der Waals surface area (Å²) in [7, 11) is 0. The third-order valence-corrected chi connectivity index (χ3v) is 3.62. The molecule has 1 aromatic heterocycles. The lowest BCUT2D eigenvalue weighted by molar-refractivity contribution is -0.116. The molecule has 0 spiro atoms. The van der Waals surface area contributed by atoms with E-state index in [1.54, 1.807) is 24.4 Å². The number of hydrogen-bond acceptors (Lipinski definition) is 4. The van der Waals surface area contributed by atoms with Crippen LogP contribution in [0, 0.1) is 0 Å². The van der Waals surface area contributed by atoms with Crippen molar-refractivity contribution in [3.63, 3.8) is 0 Å². The summed E-state index contributed by atoms with van der Waals surface area (Å²) in [6.07, 6.45) is 2.43. The Labute approximate surface area is 132 Å². The molecule has 0 saturated carbocycles. The van der Waals surface area contributed by atoms with Gasteiger partial charge in [0.1, 0.15) is 6.54 Å². The summed E-state index contributed by atoms with van der Waals surface area (Å²) in [5.41, 5.74) is 7.09. The van der Waals surface area contributed by atoms with Gasteiger partial charge in [0, 0.05) is 5.69 Å². The average Bonchev–Trinajstić information content (AvgIpc) is 2.90. The third kappa shape index (κ3) is 4.17. The van der Waals surface area contributed by atoms with Crippen molar-refractivity contribution in [2.75, 3.05) is 5.32 Å². The van der Waals surface area contributed by atoms with Gasteiger partial charge in [-0.2, -0.15) is 0 Å². The van der Waals surface area contributed by atoms with Gasteiger partial charge in [0.25, 0.3) is 0 Å². The van der Waals surface area contributed by atoms with Crippen molar-refractivity contribution >= 4 is 34.8 Å². The molecule has 0 aliphatic rings. The van der Waals surface area contributed by atoms with Crippen LogP contribution in [-0.2, 0) is 11.3 Å². The maximum atomic E-state index is 11.9. The van der Waals surface area contributed by atoms with Crippen LogP contribution in [0.15, 0.2) is 24.4 Å². The van der Waals surface area contributed by atoms with Crippen molar-refractivity contribution in [1.29, 1.82) is 0 Å². The third-order valence-electron chi connectivity index (χ3n) is 2.89. The lowest BCUT2D eigenvalue weighted by Gasteiger charge is -2.06. The molecule has 112 valence electrons. The molecule has 1 amide bonds. The number of nitrogens with one attached hydrogen (secondary N) is 1. The minimum atomic E-state index is -0.241. The number of rotatable bonds is 5. The highest BCUT2D eigenvalue weighted by atomic mass is 35.5. The Morgan fingerprint density at radius 1 is 1.43 bits per heavy atom. The number of carbonyl (C=O) groups excluding carboxylic acids is 1. The number of anilines is 1. The lowest BCUT2D eigenvalue weighted by Crippen LogP contribution is -2.19. The van der Waals surface area contributed by atoms with Crippen molar-refractivity contribution in [2.45, 2.75) is 25.9 Å². The van der Waals surface area contributed by atoms with Crippen LogP contribution in [0.3, 0.4) is 0 Å². The molecule has 0 aliphatic heterocycles. The zero-order chi connectivity index (χ0) is 15.4. The molecule has 0 fully saturated rings. The number of aromatic nitrogens is 3. The number of nitrogens with zero attached hydrogens (tertiary/aromatic N) is 3. The van der Waals surface area contributed by atoms with Crippen LogP contribution in [0.25, 0.3) is 0 Å². The summed E-state index contributed by atoms with van der Waals surface area (Å²) < 4.78 is 1.44. The average molecular weight is 328 g/mol. The topological polar surface area (TPSA) is 85.8 Å². The van der Waals surface area contributed by atoms with Crippen molar-refractivity contribution in [2.24, 2.45) is 5.73 Å². The van der Waals surface area contributed by atoms with E-state index < -0.39 is 0 Å². The zero-order valence-electron chi connectivity index (χ0n) is 11.4. The molecule has 0 aliphatic carbocycles. The van der Waals surface area contributed by atoms with Gasteiger partial charge in [-0.15, -0.1) is 5.10 Å². The largest absolute Gasteiger partial charge is 0.324 e. The van der Waals surface area contributed by atoms with E-state index in [0.717, 1.165) is 6.42 Å². The lowest BCUT2D eigenvalue weighted by atomic mass is 10.2. The molecule has 0 saturated heterocycles. The molecule has 1 unspecified atom stereocenters. The predicted octanol–water partition coefficient (Wildman–Crippen LogP) is 2.63. The van der Waals surface area contributed by atoms with E-state index in [-0.39, 0.29) is 18.5 Å². The molecule has 1 atom stereocenters. The maximum Gasteiger partial charge on any atom is 0.246 e. The molecule has 6 nitrogen and oxygen atoms in total. The Morgan fingerprint density at radius 3 is 2.86 bits per heavy atom. The fourth-order valence-corrected chi connectivity index (χ4v) is 1.99. The molecule has 0 bridgehead atoms. The van der Waals surface area contributed by atoms with E-state index >= 15 is 0 Å². The Morgan fingerprint density at radius 2 is 2.19 bits per heavy atom. The molecule has 21 heavy (non-hydrogen) atoms. The molecule has 1 aromatic carbocycles. The number of nitrogens with two attached hydrogens (primary N) is 1. The zero-order valence-corrected chi connectivity index (χ0v) is 12.9. The minimum Gasteiger partial charge on any atom is -0.324 e. The molecular formula is C13H15Cl2N5O. The quantitative estimate of drug-likeness (QED) is 0.883. The fourth-order valence-electron chi connectivity index (χ4n) is 1.69. The van der Waals surface area contributed by atoms with Crippen LogP contribution in [0.2, 0.25) is 10.0 Å². The standard InChI is InChI=1S/C13H15Cl2N5O/c1-2-11(16)12-6-20(19-18-12)7-13(21)17-8-3-4-9(14)10(15)5-8/h3-6,11H,2,7,16H2,1H3,(H,17,21). The normalized spacial score (nSPS) is 12.2. The SMILES string of the molecule is CCC(N)c1cn(CC(=O)Nc2ccc(Cl)c(Cl)c2)nn1. The van der Waals surface area contributed by atoms with Gasteiger partial charge < -0.3 is 11.1 Å². The maximum absolute atomic E-state index is 11.9. The fraction of sp³-hybridized carbons (Fsp3) is 0.308. The predicted molar refractivity (Wildman–Crippen MR) is 82.3 cm³/mol. The van der Waals surface area contributed by atoms with Crippen LogP contribution in [0.5, 0.6) is 0 Å². The molecule has 2 aromatic rings. The first kappa shape index (κ1) is 15.8. The minimum absolute atomic E-state index is 0.0453. The van der Waals surface area contributed by atoms with Gasteiger partial charge in [0.05, 0.1) is 28.0 Å². The van der Waals surface area contributed by atoms with E-state index in [4.69, 9.17) is 28.9 Å². The smallest absolute Gasteiger partial charge is 0.246 e. The number of benzene rings is 1. The van der Waals surface area contributed by atoms with Crippen molar-refractivity contribution in [3.05, 3.63) is 40.1 Å². The van der Waals surface area contributed by atoms with E-state index in [0.29, 0.717) is 21.4 Å². The van der Waals surface area contributed by atoms with Crippen molar-refractivity contribution in [3.8, 4) is 0 Å². The van der Waals surface area contributed by atoms with Gasteiger partial charge in [-0.1, -0.05) is 35.3 Å². The first-order chi connectivity index (χ1) is 9.99. The van der Waals surface area contributed by atoms with Crippen molar-refractivity contribution in [1.82, 2.24) is 15.0 Å². The summed E-state index contributed by atoms with van der Waals surface area (Å²) in [5, 5.41) is 11.3. The van der Waals surface area contributed by atoms with E-state index in [2.05, 4.69) is 15.6 Å². The van der Waals surface area contributed by atoms with Gasteiger partial charge in [0.2, 0.25) is 5.91 Å². The van der Waals surface area contributed by atoms with Gasteiger partial charge in [-0.3, -0.25) is 4.79 Å². The Bertz CT molecular complexity index is 643. The number of carbonyl (C=O) groups is 1. The summed E-state index contributed by atoms with van der Waals surface area (Å²) in [5.74, 6) is -0.241. The van der Waals surface area contributed by atoms with Gasteiger partial charge in [-0.05, 0) is 24.6 Å². The van der Waals surface area contributed by atoms with Crippen LogP contribution in [0.4, 0.5) is 5.69 Å². The number of hydrogen-bond donors (Lipinski definition) is 2. The summed E-state index contributed by atoms with van der Waals surface area (Å²) in [6.45, 7) is 2.00. The second kappa shape index (κ2) is 6.89. The first-order valence-corrected chi connectivity index (χ1v) is 7.15. The van der Waals surface area contributed by atoms with Crippen LogP contribution >= 0.6 is 23.2 Å². The molecule has 0 radical (unpaired) electrons. The summed E-state index contributed by atoms with van der Waals surface area (Å²) in [4.78, 5) is 11.9. The van der Waals surface area contributed by atoms with Gasteiger partial charge in [0.15, 0.2) is 0 Å². The van der Waals surface area contributed by atoms with E-state index in [9.17, 15) is 4.79 Å². The monoisotopic (exact) mass is 327 g/mol. The molecule has 3 N–H and O–H groups in total. The van der Waals surface area contributed by atoms with Crippen LogP contribution in [0.1, 0.15) is 25.1 Å². The summed E-state index contributed by atoms with van der Waals surface area (Å²) in [6, 6.07) is 4.71. The second-order valence-electron chi connectivity index (χ2n) is 4.53. The number of halogens is 2. The Balaban J connectivity index is 1.98. The first-order valence-electron chi connectivity index (χ1n) is 6.40.